The van der Waals surface area contributed by atoms with Gasteiger partial charge >= 0.3 is 0 Å². The van der Waals surface area contributed by atoms with E-state index in [1.807, 2.05) is 36.4 Å². The van der Waals surface area contributed by atoms with E-state index in [0.717, 1.165) is 31.6 Å². The van der Waals surface area contributed by atoms with Crippen LogP contribution in [-0.4, -0.2) is 44.4 Å². The van der Waals surface area contributed by atoms with Crippen LogP contribution in [0, 0.1) is 11.8 Å². The molecule has 0 spiro atoms. The summed E-state index contributed by atoms with van der Waals surface area (Å²) in [6, 6.07) is 20.2. The van der Waals surface area contributed by atoms with Gasteiger partial charge in [-0.05, 0) is 38.5 Å². The van der Waals surface area contributed by atoms with Gasteiger partial charge < -0.3 is 10.2 Å². The zero-order valence-electron chi connectivity index (χ0n) is 15.1. The zero-order valence-corrected chi connectivity index (χ0v) is 15.1. The first-order chi connectivity index (χ1) is 12.2. The van der Waals surface area contributed by atoms with Crippen LogP contribution >= 0.6 is 0 Å². The highest BCUT2D eigenvalue weighted by molar-refractivity contribution is 5.99. The predicted molar refractivity (Wildman–Crippen MR) is 103 cm³/mol. The molecule has 3 heteroatoms. The van der Waals surface area contributed by atoms with E-state index >= 15 is 0 Å². The van der Waals surface area contributed by atoms with E-state index in [2.05, 4.69) is 48.6 Å². The Labute approximate surface area is 151 Å². The second kappa shape index (κ2) is 8.41. The molecule has 0 aliphatic carbocycles. The summed E-state index contributed by atoms with van der Waals surface area (Å²) in [5, 5.41) is 3.48. The fourth-order valence-electron chi connectivity index (χ4n) is 3.70. The number of hydrogen-bond donors (Lipinski definition) is 1. The van der Waals surface area contributed by atoms with Crippen molar-refractivity contribution in [3.05, 3.63) is 77.7 Å². The summed E-state index contributed by atoms with van der Waals surface area (Å²) >= 11 is 0. The van der Waals surface area contributed by atoms with Crippen LogP contribution in [0.4, 0.5) is 0 Å². The van der Waals surface area contributed by atoms with Gasteiger partial charge in [-0.15, -0.1) is 0 Å². The number of benzene rings is 2. The summed E-state index contributed by atoms with van der Waals surface area (Å²) in [5.41, 5.74) is 2.07. The molecular formula is C22H27N2O. The number of carbonyl (C=O) groups is 1. The minimum atomic E-state index is -0.0456. The SMILES string of the molecule is CN(C)CC[C]1CNC[C@H](C(=O)c2ccccc2)C1c1ccccc1. The van der Waals surface area contributed by atoms with Gasteiger partial charge in [0, 0.05) is 30.5 Å². The van der Waals surface area contributed by atoms with Crippen LogP contribution < -0.4 is 5.32 Å². The molecule has 1 radical (unpaired) electrons. The Hall–Kier alpha value is -1.97. The average Bonchev–Trinajstić information content (AvgIpc) is 2.66. The number of rotatable bonds is 6. The Morgan fingerprint density at radius 1 is 1.04 bits per heavy atom. The summed E-state index contributed by atoms with van der Waals surface area (Å²) in [7, 11) is 4.20. The van der Waals surface area contributed by atoms with E-state index in [4.69, 9.17) is 0 Å². The zero-order chi connectivity index (χ0) is 17.6. The Balaban J connectivity index is 1.90. The minimum absolute atomic E-state index is 0.0456. The molecule has 2 aromatic rings. The summed E-state index contributed by atoms with van der Waals surface area (Å²) in [4.78, 5) is 15.4. The maximum absolute atomic E-state index is 13.2. The third kappa shape index (κ3) is 4.36. The highest BCUT2D eigenvalue weighted by atomic mass is 16.1. The molecule has 131 valence electrons. The smallest absolute Gasteiger partial charge is 0.167 e. The number of hydrogen-bond acceptors (Lipinski definition) is 3. The van der Waals surface area contributed by atoms with E-state index < -0.39 is 0 Å². The highest BCUT2D eigenvalue weighted by Crippen LogP contribution is 2.39. The number of nitrogens with zero attached hydrogens (tertiary/aromatic N) is 1. The lowest BCUT2D eigenvalue weighted by Crippen LogP contribution is -2.45. The van der Waals surface area contributed by atoms with Crippen molar-refractivity contribution in [1.82, 2.24) is 10.2 Å². The van der Waals surface area contributed by atoms with Crippen molar-refractivity contribution in [2.75, 3.05) is 33.7 Å². The van der Waals surface area contributed by atoms with Crippen molar-refractivity contribution in [1.29, 1.82) is 0 Å². The molecule has 1 N–H and O–H groups in total. The van der Waals surface area contributed by atoms with Crippen molar-refractivity contribution in [3.8, 4) is 0 Å². The van der Waals surface area contributed by atoms with Crippen LogP contribution in [0.25, 0.3) is 0 Å². The monoisotopic (exact) mass is 335 g/mol. The Bertz CT molecular complexity index is 669. The van der Waals surface area contributed by atoms with Crippen molar-refractivity contribution < 1.29 is 4.79 Å². The van der Waals surface area contributed by atoms with Gasteiger partial charge in [-0.25, -0.2) is 0 Å². The third-order valence-corrected chi connectivity index (χ3v) is 4.99. The summed E-state index contributed by atoms with van der Waals surface area (Å²) in [6.07, 6.45) is 1.01. The minimum Gasteiger partial charge on any atom is -0.315 e. The van der Waals surface area contributed by atoms with Crippen LogP contribution in [0.5, 0.6) is 0 Å². The lowest BCUT2D eigenvalue weighted by molar-refractivity contribution is 0.0885. The average molecular weight is 335 g/mol. The molecule has 0 saturated carbocycles. The van der Waals surface area contributed by atoms with Gasteiger partial charge in [0.25, 0.3) is 0 Å². The number of Topliss-reactive ketones (excluding diaryl/α,β-unsaturated/α-hetero) is 1. The largest absolute Gasteiger partial charge is 0.315 e. The van der Waals surface area contributed by atoms with E-state index in [-0.39, 0.29) is 17.6 Å². The van der Waals surface area contributed by atoms with Gasteiger partial charge in [-0.2, -0.15) is 0 Å². The molecule has 3 rings (SSSR count). The molecule has 0 amide bonds. The molecule has 1 fully saturated rings. The van der Waals surface area contributed by atoms with Crippen LogP contribution in [0.3, 0.4) is 0 Å². The van der Waals surface area contributed by atoms with E-state index in [1.165, 1.54) is 11.5 Å². The molecule has 1 heterocycles. The van der Waals surface area contributed by atoms with Gasteiger partial charge in [0.05, 0.1) is 0 Å². The topological polar surface area (TPSA) is 32.3 Å². The van der Waals surface area contributed by atoms with Crippen LogP contribution in [0.2, 0.25) is 0 Å². The van der Waals surface area contributed by atoms with Crippen LogP contribution in [-0.2, 0) is 0 Å². The number of ketones is 1. The van der Waals surface area contributed by atoms with Crippen LogP contribution in [0.15, 0.2) is 60.7 Å². The maximum atomic E-state index is 13.2. The second-order valence-corrected chi connectivity index (χ2v) is 7.07. The second-order valence-electron chi connectivity index (χ2n) is 7.07. The van der Waals surface area contributed by atoms with E-state index in [1.54, 1.807) is 0 Å². The molecule has 1 aliphatic rings. The standard InChI is InChI=1S/C22H27N2O/c1-24(2)14-13-19-15-23-16-20(21(19)17-9-5-3-6-10-17)22(25)18-11-7-4-8-12-18/h3-12,20-21,23H,13-16H2,1-2H3/t20-,21?/m0/s1. The lowest BCUT2D eigenvalue weighted by atomic mass is 9.70. The maximum Gasteiger partial charge on any atom is 0.167 e. The number of carbonyl (C=O) groups excluding carboxylic acids is 1. The van der Waals surface area contributed by atoms with E-state index in [9.17, 15) is 4.79 Å². The Morgan fingerprint density at radius 3 is 2.32 bits per heavy atom. The molecule has 0 bridgehead atoms. The van der Waals surface area contributed by atoms with Crippen molar-refractivity contribution in [2.45, 2.75) is 12.3 Å². The van der Waals surface area contributed by atoms with Crippen molar-refractivity contribution >= 4 is 5.78 Å². The van der Waals surface area contributed by atoms with Gasteiger partial charge in [0.1, 0.15) is 0 Å². The molecule has 3 nitrogen and oxygen atoms in total. The summed E-state index contributed by atoms with van der Waals surface area (Å²) < 4.78 is 0. The Kier molecular flexibility index (Phi) is 6.00. The molecule has 2 atom stereocenters. The van der Waals surface area contributed by atoms with Crippen molar-refractivity contribution in [2.24, 2.45) is 5.92 Å². The van der Waals surface area contributed by atoms with Gasteiger partial charge in [-0.1, -0.05) is 60.7 Å². The third-order valence-electron chi connectivity index (χ3n) is 4.99. The quantitative estimate of drug-likeness (QED) is 0.821. The normalized spacial score (nSPS) is 21.4. The first kappa shape index (κ1) is 17.8. The molecule has 1 unspecified atom stereocenters. The first-order valence-corrected chi connectivity index (χ1v) is 9.01. The highest BCUT2D eigenvalue weighted by Gasteiger charge is 2.38. The van der Waals surface area contributed by atoms with E-state index in [0.29, 0.717) is 0 Å². The lowest BCUT2D eigenvalue weighted by Gasteiger charge is -2.38. The van der Waals surface area contributed by atoms with Gasteiger partial charge in [-0.3, -0.25) is 4.79 Å². The number of nitrogens with one attached hydrogen (secondary N) is 1. The van der Waals surface area contributed by atoms with Crippen molar-refractivity contribution in [3.63, 3.8) is 0 Å². The molecule has 1 aliphatic heterocycles. The summed E-state index contributed by atoms with van der Waals surface area (Å²) in [6.45, 7) is 2.64. The molecule has 1 saturated heterocycles. The molecule has 25 heavy (non-hydrogen) atoms. The van der Waals surface area contributed by atoms with Crippen LogP contribution in [0.1, 0.15) is 28.3 Å². The molecule has 2 aromatic carbocycles. The number of piperidine rings is 1. The van der Waals surface area contributed by atoms with Gasteiger partial charge in [0.15, 0.2) is 5.78 Å². The Morgan fingerprint density at radius 2 is 1.68 bits per heavy atom. The fraction of sp³-hybridized carbons (Fsp3) is 0.364. The predicted octanol–water partition coefficient (Wildman–Crippen LogP) is 3.40. The summed E-state index contributed by atoms with van der Waals surface area (Å²) in [5.74, 6) is 1.82. The first-order valence-electron chi connectivity index (χ1n) is 9.01. The fourth-order valence-corrected chi connectivity index (χ4v) is 3.70. The van der Waals surface area contributed by atoms with Gasteiger partial charge in [0.2, 0.25) is 0 Å². The molecular weight excluding hydrogens is 308 g/mol. The molecule has 0 aromatic heterocycles.